The van der Waals surface area contributed by atoms with Crippen LogP contribution in [0.2, 0.25) is 19.1 Å². The molecule has 0 bridgehead atoms. The molecule has 0 aromatic heterocycles. The highest BCUT2D eigenvalue weighted by atomic mass is 28.3. The van der Waals surface area contributed by atoms with Crippen molar-refractivity contribution in [2.24, 2.45) is 0 Å². The second-order valence-corrected chi connectivity index (χ2v) is 12.9. The van der Waals surface area contributed by atoms with Gasteiger partial charge >= 0.3 is 12.4 Å². The fourth-order valence-electron chi connectivity index (χ4n) is 2.37. The van der Waals surface area contributed by atoms with Crippen molar-refractivity contribution in [3.63, 3.8) is 0 Å². The van der Waals surface area contributed by atoms with E-state index in [0.717, 1.165) is 11.6 Å². The molecule has 0 aliphatic carbocycles. The highest BCUT2D eigenvalue weighted by Gasteiger charge is 2.40. The first-order valence-corrected chi connectivity index (χ1v) is 13.8. The SMILES string of the molecule is C=C[Si](C)(C)CCCN(C(=O)CC(F)(F)F)c1cccc(C)c1.FCC(F)C(F)(F)F.FCOCF. The molecule has 1 amide bonds. The molecule has 1 unspecified atom stereocenters. The second-order valence-electron chi connectivity index (χ2n) is 8.06. The van der Waals surface area contributed by atoms with Crippen LogP contribution in [0.4, 0.5) is 49.6 Å². The van der Waals surface area contributed by atoms with E-state index in [0.29, 0.717) is 18.7 Å². The highest BCUT2D eigenvalue weighted by molar-refractivity contribution is 6.82. The van der Waals surface area contributed by atoms with Gasteiger partial charge in [0.15, 0.2) is 13.7 Å². The molecule has 0 heterocycles. The lowest BCUT2D eigenvalue weighted by molar-refractivity contribution is -0.183. The van der Waals surface area contributed by atoms with Crippen LogP contribution in [0.1, 0.15) is 18.4 Å². The van der Waals surface area contributed by atoms with E-state index in [-0.39, 0.29) is 0 Å². The molecular weight excluding hydrogens is 528 g/mol. The number of carbonyl (C=O) groups is 1. The fourth-order valence-corrected chi connectivity index (χ4v) is 3.65. The molecule has 36 heavy (non-hydrogen) atoms. The summed E-state index contributed by atoms with van der Waals surface area (Å²) >= 11 is 0. The summed E-state index contributed by atoms with van der Waals surface area (Å²) in [5.74, 6) is -0.902. The van der Waals surface area contributed by atoms with Crippen LogP contribution in [0.5, 0.6) is 0 Å². The smallest absolute Gasteiger partial charge is 0.319 e. The van der Waals surface area contributed by atoms with Gasteiger partial charge < -0.3 is 9.64 Å². The number of hydrogen-bond acceptors (Lipinski definition) is 2. The third-order valence-corrected chi connectivity index (χ3v) is 7.11. The molecule has 1 rings (SSSR count). The van der Waals surface area contributed by atoms with Crippen molar-refractivity contribution in [1.82, 2.24) is 0 Å². The van der Waals surface area contributed by atoms with Gasteiger partial charge in [-0.1, -0.05) is 31.3 Å². The number of amides is 1. The standard InChI is InChI=1S/C17H24F3NOSi.C3H3F5.C2H4F2O/c1-5-23(3,4)11-7-10-21(16(22)13-17(18,19)20)15-9-6-8-14(2)12-15;4-1-2(5)3(6,7)8;3-1-5-2-4/h5-6,8-9,12H,1,7,10-11,13H2,2-4H3;2H,1H2;1-2H2. The minimum atomic E-state index is -5.03. The zero-order valence-electron chi connectivity index (χ0n) is 20.2. The van der Waals surface area contributed by atoms with E-state index in [2.05, 4.69) is 24.4 Å². The number of aryl methyl sites for hydroxylation is 1. The summed E-state index contributed by atoms with van der Waals surface area (Å²) in [5.41, 5.74) is 3.40. The number of halogens is 10. The number of hydrogen-bond donors (Lipinski definition) is 0. The predicted octanol–water partition coefficient (Wildman–Crippen LogP) is 7.82. The molecule has 1 aromatic carbocycles. The minimum Gasteiger partial charge on any atom is -0.319 e. The molecule has 210 valence electrons. The zero-order valence-corrected chi connectivity index (χ0v) is 21.2. The molecule has 0 aliphatic heterocycles. The Balaban J connectivity index is 0. The number of nitrogens with zero attached hydrogens (tertiary/aromatic N) is 1. The monoisotopic (exact) mass is 559 g/mol. The maximum atomic E-state index is 12.6. The largest absolute Gasteiger partial charge is 0.422 e. The van der Waals surface area contributed by atoms with E-state index in [1.807, 2.05) is 18.7 Å². The van der Waals surface area contributed by atoms with Crippen molar-refractivity contribution < 1.29 is 53.4 Å². The second kappa shape index (κ2) is 17.4. The fraction of sp³-hybridized carbons (Fsp3) is 0.591. The Labute approximate surface area is 205 Å². The first-order chi connectivity index (χ1) is 16.4. The molecule has 0 aliphatic rings. The van der Waals surface area contributed by atoms with Gasteiger partial charge in [0.2, 0.25) is 12.1 Å². The third-order valence-electron chi connectivity index (χ3n) is 4.37. The third kappa shape index (κ3) is 18.2. The summed E-state index contributed by atoms with van der Waals surface area (Å²) in [6, 6.07) is 7.91. The number of anilines is 1. The van der Waals surface area contributed by atoms with Crippen molar-refractivity contribution in [1.29, 1.82) is 0 Å². The van der Waals surface area contributed by atoms with Crippen LogP contribution in [-0.4, -0.2) is 59.4 Å². The van der Waals surface area contributed by atoms with Crippen LogP contribution in [-0.2, 0) is 9.53 Å². The van der Waals surface area contributed by atoms with Gasteiger partial charge in [0.25, 0.3) is 0 Å². The maximum absolute atomic E-state index is 12.6. The lowest BCUT2D eigenvalue weighted by Crippen LogP contribution is -2.36. The van der Waals surface area contributed by atoms with Gasteiger partial charge in [-0.25, -0.2) is 17.6 Å². The maximum Gasteiger partial charge on any atom is 0.422 e. The molecule has 0 saturated heterocycles. The van der Waals surface area contributed by atoms with Gasteiger partial charge in [-0.3, -0.25) is 4.79 Å². The van der Waals surface area contributed by atoms with Gasteiger partial charge in [-0.05, 0) is 31.0 Å². The molecule has 1 aromatic rings. The van der Waals surface area contributed by atoms with Gasteiger partial charge in [0.1, 0.15) is 13.1 Å². The van der Waals surface area contributed by atoms with E-state index in [1.165, 1.54) is 4.90 Å². The van der Waals surface area contributed by atoms with Crippen molar-refractivity contribution in [3.05, 3.63) is 42.1 Å². The number of alkyl halides is 10. The Bertz CT molecular complexity index is 755. The zero-order chi connectivity index (χ0) is 28.6. The van der Waals surface area contributed by atoms with Gasteiger partial charge in [0, 0.05) is 12.2 Å². The Hall–Kier alpha value is -2.09. The normalized spacial score (nSPS) is 12.5. The molecule has 3 nitrogen and oxygen atoms in total. The van der Waals surface area contributed by atoms with Crippen LogP contribution in [0, 0.1) is 6.92 Å². The summed E-state index contributed by atoms with van der Waals surface area (Å²) in [6.07, 6.45) is -13.6. The van der Waals surface area contributed by atoms with Crippen LogP contribution in [0.25, 0.3) is 0 Å². The molecule has 0 N–H and O–H groups in total. The van der Waals surface area contributed by atoms with E-state index < -0.39 is 59.3 Å². The number of benzene rings is 1. The number of carbonyl (C=O) groups excluding carboxylic acids is 1. The summed E-state index contributed by atoms with van der Waals surface area (Å²) in [6.45, 7) is 6.20. The first-order valence-electron chi connectivity index (χ1n) is 10.5. The Morgan fingerprint density at radius 2 is 1.67 bits per heavy atom. The van der Waals surface area contributed by atoms with Gasteiger partial charge in [0.05, 0.1) is 8.07 Å². The van der Waals surface area contributed by atoms with Crippen molar-refractivity contribution in [3.8, 4) is 0 Å². The molecular formula is C22H31F10NO2Si. The number of rotatable bonds is 10. The van der Waals surface area contributed by atoms with Crippen LogP contribution in [0.3, 0.4) is 0 Å². The predicted molar refractivity (Wildman–Crippen MR) is 121 cm³/mol. The van der Waals surface area contributed by atoms with Crippen LogP contribution >= 0.6 is 0 Å². The highest BCUT2D eigenvalue weighted by Crippen LogP contribution is 2.25. The van der Waals surface area contributed by atoms with Gasteiger partial charge in [-0.15, -0.1) is 12.3 Å². The van der Waals surface area contributed by atoms with E-state index >= 15 is 0 Å². The molecule has 1 atom stereocenters. The lowest BCUT2D eigenvalue weighted by atomic mass is 10.2. The molecule has 0 radical (unpaired) electrons. The number of ether oxygens (including phenoxy) is 1. The van der Waals surface area contributed by atoms with Gasteiger partial charge in [-0.2, -0.15) is 26.3 Å². The Morgan fingerprint density at radius 3 is 2.00 bits per heavy atom. The van der Waals surface area contributed by atoms with Crippen LogP contribution in [0.15, 0.2) is 36.5 Å². The summed E-state index contributed by atoms with van der Waals surface area (Å²) in [7, 11) is -1.53. The average Bonchev–Trinajstić information content (AvgIpc) is 2.75. The van der Waals surface area contributed by atoms with Crippen LogP contribution < -0.4 is 4.90 Å². The average molecular weight is 560 g/mol. The lowest BCUT2D eigenvalue weighted by Gasteiger charge is -2.25. The topological polar surface area (TPSA) is 29.5 Å². The molecule has 0 saturated carbocycles. The summed E-state index contributed by atoms with van der Waals surface area (Å²) in [4.78, 5) is 13.4. The summed E-state index contributed by atoms with van der Waals surface area (Å²) in [5, 5.41) is 0. The molecule has 14 heteroatoms. The van der Waals surface area contributed by atoms with E-state index in [9.17, 15) is 48.7 Å². The van der Waals surface area contributed by atoms with E-state index in [4.69, 9.17) is 0 Å². The summed E-state index contributed by atoms with van der Waals surface area (Å²) < 4.78 is 117. The van der Waals surface area contributed by atoms with E-state index in [1.54, 1.807) is 18.2 Å². The Kier molecular flexibility index (Phi) is 17.4. The Morgan fingerprint density at radius 1 is 1.11 bits per heavy atom. The van der Waals surface area contributed by atoms with Crippen molar-refractivity contribution in [2.45, 2.75) is 57.4 Å². The minimum absolute atomic E-state index is 0.294. The quantitative estimate of drug-likeness (QED) is 0.216. The van der Waals surface area contributed by atoms with Crippen molar-refractivity contribution >= 4 is 19.7 Å². The molecule has 0 fully saturated rings. The van der Waals surface area contributed by atoms with Crippen molar-refractivity contribution in [2.75, 3.05) is 31.8 Å². The molecule has 0 spiro atoms. The first kappa shape index (κ1) is 36.1.